The molecule has 3 nitrogen and oxygen atoms in total. The second kappa shape index (κ2) is 5.44. The molecule has 0 bridgehead atoms. The number of fused-ring (bicyclic) bond motifs is 1. The van der Waals surface area contributed by atoms with Crippen molar-refractivity contribution in [2.75, 3.05) is 17.2 Å². The Hall–Kier alpha value is -1.56. The van der Waals surface area contributed by atoms with Gasteiger partial charge in [-0.1, -0.05) is 12.1 Å². The molecule has 0 aliphatic carbocycles. The van der Waals surface area contributed by atoms with Gasteiger partial charge in [-0.2, -0.15) is 0 Å². The first kappa shape index (κ1) is 13.4. The first-order chi connectivity index (χ1) is 9.65. The third kappa shape index (κ3) is 2.52. The van der Waals surface area contributed by atoms with Crippen LogP contribution in [0.4, 0.5) is 11.4 Å². The van der Waals surface area contributed by atoms with Crippen molar-refractivity contribution in [1.29, 1.82) is 0 Å². The van der Waals surface area contributed by atoms with Gasteiger partial charge in [0, 0.05) is 21.5 Å². The first-order valence-electron chi connectivity index (χ1n) is 6.58. The molecular formula is C16H15IN2O. The van der Waals surface area contributed by atoms with E-state index in [1.165, 1.54) is 11.3 Å². The molecular weight excluding hydrogens is 363 g/mol. The maximum Gasteiger partial charge on any atom is 0.256 e. The van der Waals surface area contributed by atoms with E-state index < -0.39 is 0 Å². The van der Waals surface area contributed by atoms with Gasteiger partial charge in [-0.05, 0) is 71.3 Å². The number of nitrogens with one attached hydrogen (secondary N) is 2. The summed E-state index contributed by atoms with van der Waals surface area (Å²) in [7, 11) is 0. The molecule has 2 aromatic carbocycles. The number of carbonyl (C=O) groups excluding carboxylic acids is 1. The van der Waals surface area contributed by atoms with E-state index in [-0.39, 0.29) is 5.91 Å². The minimum Gasteiger partial charge on any atom is -0.384 e. The lowest BCUT2D eigenvalue weighted by Gasteiger charge is -2.09. The van der Waals surface area contributed by atoms with E-state index in [1.807, 2.05) is 37.3 Å². The van der Waals surface area contributed by atoms with Crippen molar-refractivity contribution in [2.24, 2.45) is 0 Å². The summed E-state index contributed by atoms with van der Waals surface area (Å²) in [5.41, 5.74) is 5.14. The Bertz CT molecular complexity index is 682. The summed E-state index contributed by atoms with van der Waals surface area (Å²) in [5, 5.41) is 6.30. The summed E-state index contributed by atoms with van der Waals surface area (Å²) in [6.45, 7) is 2.99. The van der Waals surface area contributed by atoms with Crippen molar-refractivity contribution in [3.05, 3.63) is 56.7 Å². The molecule has 1 aliphatic heterocycles. The molecule has 1 amide bonds. The molecule has 102 valence electrons. The molecule has 1 aliphatic rings. The predicted octanol–water partition coefficient (Wildman–Crippen LogP) is 3.82. The van der Waals surface area contributed by atoms with E-state index in [2.05, 4.69) is 39.3 Å². The SMILES string of the molecule is Cc1cccc(C(=O)Nc2ccc3c(c2)CCN3)c1I. The molecule has 0 spiro atoms. The van der Waals surface area contributed by atoms with Gasteiger partial charge in [0.2, 0.25) is 0 Å². The summed E-state index contributed by atoms with van der Waals surface area (Å²) in [5.74, 6) is -0.0518. The van der Waals surface area contributed by atoms with Crippen molar-refractivity contribution >= 4 is 39.9 Å². The van der Waals surface area contributed by atoms with Gasteiger partial charge in [0.25, 0.3) is 5.91 Å². The van der Waals surface area contributed by atoms with Gasteiger partial charge in [-0.3, -0.25) is 4.79 Å². The van der Waals surface area contributed by atoms with Crippen LogP contribution in [0.15, 0.2) is 36.4 Å². The van der Waals surface area contributed by atoms with Gasteiger partial charge < -0.3 is 10.6 Å². The Kier molecular flexibility index (Phi) is 3.65. The van der Waals surface area contributed by atoms with Crippen LogP contribution < -0.4 is 10.6 Å². The minimum absolute atomic E-state index is 0.0518. The number of carbonyl (C=O) groups is 1. The van der Waals surface area contributed by atoms with Crippen molar-refractivity contribution in [3.63, 3.8) is 0 Å². The number of amides is 1. The molecule has 3 rings (SSSR count). The quantitative estimate of drug-likeness (QED) is 0.781. The van der Waals surface area contributed by atoms with Gasteiger partial charge in [0.15, 0.2) is 0 Å². The summed E-state index contributed by atoms with van der Waals surface area (Å²) in [4.78, 5) is 12.4. The van der Waals surface area contributed by atoms with Crippen molar-refractivity contribution in [2.45, 2.75) is 13.3 Å². The second-order valence-electron chi connectivity index (χ2n) is 4.94. The fraction of sp³-hybridized carbons (Fsp3) is 0.188. The molecule has 2 aromatic rings. The van der Waals surface area contributed by atoms with Crippen LogP contribution in [0.1, 0.15) is 21.5 Å². The van der Waals surface area contributed by atoms with E-state index in [4.69, 9.17) is 0 Å². The average Bonchev–Trinajstić information content (AvgIpc) is 2.89. The first-order valence-corrected chi connectivity index (χ1v) is 7.66. The number of halogens is 1. The highest BCUT2D eigenvalue weighted by Crippen LogP contribution is 2.26. The van der Waals surface area contributed by atoms with E-state index in [1.54, 1.807) is 0 Å². The van der Waals surface area contributed by atoms with Gasteiger partial charge in [0.05, 0.1) is 5.56 Å². The summed E-state index contributed by atoms with van der Waals surface area (Å²) in [6, 6.07) is 11.8. The number of anilines is 2. The standard InChI is InChI=1S/C16H15IN2O/c1-10-3-2-4-13(15(10)17)16(20)19-12-5-6-14-11(9-12)7-8-18-14/h2-6,9,18H,7-8H2,1H3,(H,19,20). The van der Waals surface area contributed by atoms with Crippen LogP contribution in [0.25, 0.3) is 0 Å². The third-order valence-electron chi connectivity index (χ3n) is 3.51. The van der Waals surface area contributed by atoms with E-state index in [9.17, 15) is 4.79 Å². The van der Waals surface area contributed by atoms with Gasteiger partial charge in [-0.15, -0.1) is 0 Å². The lowest BCUT2D eigenvalue weighted by atomic mass is 10.1. The normalized spacial score (nSPS) is 12.7. The maximum absolute atomic E-state index is 12.4. The van der Waals surface area contributed by atoms with Gasteiger partial charge in [-0.25, -0.2) is 0 Å². The van der Waals surface area contributed by atoms with Crippen LogP contribution in [0, 0.1) is 10.5 Å². The number of hydrogen-bond acceptors (Lipinski definition) is 2. The second-order valence-corrected chi connectivity index (χ2v) is 6.02. The molecule has 2 N–H and O–H groups in total. The third-order valence-corrected chi connectivity index (χ3v) is 4.94. The van der Waals surface area contributed by atoms with Crippen molar-refractivity contribution in [3.8, 4) is 0 Å². The lowest BCUT2D eigenvalue weighted by Crippen LogP contribution is -2.14. The van der Waals surface area contributed by atoms with E-state index in [0.29, 0.717) is 0 Å². The Morgan fingerprint density at radius 2 is 2.15 bits per heavy atom. The molecule has 0 saturated heterocycles. The van der Waals surface area contributed by atoms with Crippen molar-refractivity contribution < 1.29 is 4.79 Å². The Morgan fingerprint density at radius 1 is 1.30 bits per heavy atom. The highest BCUT2D eigenvalue weighted by atomic mass is 127. The molecule has 0 fully saturated rings. The van der Waals surface area contributed by atoms with E-state index in [0.717, 1.165) is 33.4 Å². The van der Waals surface area contributed by atoms with Crippen LogP contribution in [0.2, 0.25) is 0 Å². The summed E-state index contributed by atoms with van der Waals surface area (Å²) >= 11 is 2.22. The Morgan fingerprint density at radius 3 is 3.00 bits per heavy atom. The largest absolute Gasteiger partial charge is 0.384 e. The number of rotatable bonds is 2. The number of benzene rings is 2. The maximum atomic E-state index is 12.4. The molecule has 0 unspecified atom stereocenters. The van der Waals surface area contributed by atoms with Crippen LogP contribution in [-0.2, 0) is 6.42 Å². The van der Waals surface area contributed by atoms with E-state index >= 15 is 0 Å². The van der Waals surface area contributed by atoms with Crippen LogP contribution >= 0.6 is 22.6 Å². The Labute approximate surface area is 131 Å². The molecule has 1 heterocycles. The molecule has 0 atom stereocenters. The molecule has 20 heavy (non-hydrogen) atoms. The minimum atomic E-state index is -0.0518. The molecule has 4 heteroatoms. The zero-order valence-corrected chi connectivity index (χ0v) is 13.3. The zero-order valence-electron chi connectivity index (χ0n) is 11.2. The average molecular weight is 378 g/mol. The number of hydrogen-bond donors (Lipinski definition) is 2. The highest BCUT2D eigenvalue weighted by molar-refractivity contribution is 14.1. The zero-order chi connectivity index (χ0) is 14.1. The van der Waals surface area contributed by atoms with Crippen LogP contribution in [0.3, 0.4) is 0 Å². The summed E-state index contributed by atoms with van der Waals surface area (Å²) in [6.07, 6.45) is 1.01. The Balaban J connectivity index is 1.84. The fourth-order valence-electron chi connectivity index (χ4n) is 2.40. The molecule has 0 saturated carbocycles. The molecule has 0 radical (unpaired) electrons. The van der Waals surface area contributed by atoms with Gasteiger partial charge >= 0.3 is 0 Å². The lowest BCUT2D eigenvalue weighted by molar-refractivity contribution is 0.102. The smallest absolute Gasteiger partial charge is 0.256 e. The van der Waals surface area contributed by atoms with Gasteiger partial charge in [0.1, 0.15) is 0 Å². The number of aryl methyl sites for hydroxylation is 1. The van der Waals surface area contributed by atoms with Crippen molar-refractivity contribution in [1.82, 2.24) is 0 Å². The predicted molar refractivity (Wildman–Crippen MR) is 90.5 cm³/mol. The monoisotopic (exact) mass is 378 g/mol. The topological polar surface area (TPSA) is 41.1 Å². The molecule has 0 aromatic heterocycles. The highest BCUT2D eigenvalue weighted by Gasteiger charge is 2.14. The van der Waals surface area contributed by atoms with Crippen LogP contribution in [-0.4, -0.2) is 12.5 Å². The fourth-order valence-corrected chi connectivity index (χ4v) is 3.01. The van der Waals surface area contributed by atoms with Crippen LogP contribution in [0.5, 0.6) is 0 Å². The summed E-state index contributed by atoms with van der Waals surface area (Å²) < 4.78 is 1.01.